The summed E-state index contributed by atoms with van der Waals surface area (Å²) in [4.78, 5) is 36.1. The van der Waals surface area contributed by atoms with Crippen LogP contribution in [0.2, 0.25) is 15.1 Å². The molecule has 0 radical (unpaired) electrons. The van der Waals surface area contributed by atoms with E-state index in [4.69, 9.17) is 44.3 Å². The highest BCUT2D eigenvalue weighted by Gasteiger charge is 2.20. The van der Waals surface area contributed by atoms with Gasteiger partial charge in [-0.25, -0.2) is 9.59 Å². The summed E-state index contributed by atoms with van der Waals surface area (Å²) in [7, 11) is 0. The molecule has 9 heteroatoms. The molecule has 0 aromatic heterocycles. The van der Waals surface area contributed by atoms with E-state index in [9.17, 15) is 14.4 Å². The minimum absolute atomic E-state index is 0.0439. The van der Waals surface area contributed by atoms with Gasteiger partial charge < -0.3 is 14.8 Å². The first-order valence-electron chi connectivity index (χ1n) is 7.71. The minimum Gasteiger partial charge on any atom is -0.462 e. The largest absolute Gasteiger partial charge is 0.462 e. The molecule has 0 heterocycles. The smallest absolute Gasteiger partial charge is 0.341 e. The molecular weight excluding hydrogens is 417 g/mol. The summed E-state index contributed by atoms with van der Waals surface area (Å²) in [6, 6.07) is 9.12. The Labute approximate surface area is 170 Å². The third-order valence-corrected chi connectivity index (χ3v) is 4.40. The standard InChI is InChI=1S/C18H14Cl3NO5/c1-2-26-17(24)10-5-3-4-6-13(10)22-14(23)9-27-18(25)15-11(19)7-8-12(20)16(15)21/h3-8H,2,9H2,1H3,(H,22,23). The van der Waals surface area contributed by atoms with Gasteiger partial charge in [0.2, 0.25) is 0 Å². The average molecular weight is 431 g/mol. The van der Waals surface area contributed by atoms with Crippen LogP contribution in [0.1, 0.15) is 27.6 Å². The number of ether oxygens (including phenoxy) is 2. The molecule has 27 heavy (non-hydrogen) atoms. The lowest BCUT2D eigenvalue weighted by molar-refractivity contribution is -0.119. The number of hydrogen-bond donors (Lipinski definition) is 1. The highest BCUT2D eigenvalue weighted by Crippen LogP contribution is 2.31. The molecule has 0 unspecified atom stereocenters. The lowest BCUT2D eigenvalue weighted by atomic mass is 10.2. The molecule has 0 bridgehead atoms. The molecule has 2 aromatic carbocycles. The van der Waals surface area contributed by atoms with Crippen molar-refractivity contribution in [1.29, 1.82) is 0 Å². The second kappa shape index (κ2) is 9.60. The third kappa shape index (κ3) is 5.35. The zero-order chi connectivity index (χ0) is 20.0. The molecule has 6 nitrogen and oxygen atoms in total. The van der Waals surface area contributed by atoms with Gasteiger partial charge in [-0.3, -0.25) is 4.79 Å². The maximum absolute atomic E-state index is 12.2. The van der Waals surface area contributed by atoms with Gasteiger partial charge in [-0.05, 0) is 31.2 Å². The SMILES string of the molecule is CCOC(=O)c1ccccc1NC(=O)COC(=O)c1c(Cl)ccc(Cl)c1Cl. The van der Waals surface area contributed by atoms with E-state index in [2.05, 4.69) is 5.32 Å². The van der Waals surface area contributed by atoms with Crippen LogP contribution in [0, 0.1) is 0 Å². The van der Waals surface area contributed by atoms with Gasteiger partial charge in [0.25, 0.3) is 5.91 Å². The number of carbonyl (C=O) groups excluding carboxylic acids is 3. The van der Waals surface area contributed by atoms with Crippen LogP contribution >= 0.6 is 34.8 Å². The van der Waals surface area contributed by atoms with Crippen molar-refractivity contribution in [1.82, 2.24) is 0 Å². The molecule has 0 atom stereocenters. The number of benzene rings is 2. The second-order valence-corrected chi connectivity index (χ2v) is 6.30. The monoisotopic (exact) mass is 429 g/mol. The highest BCUT2D eigenvalue weighted by molar-refractivity contribution is 6.46. The van der Waals surface area contributed by atoms with Crippen LogP contribution in [0.15, 0.2) is 36.4 Å². The molecule has 1 amide bonds. The number of para-hydroxylation sites is 1. The fraction of sp³-hybridized carbons (Fsp3) is 0.167. The molecule has 2 aromatic rings. The number of halogens is 3. The molecule has 0 aliphatic carbocycles. The van der Waals surface area contributed by atoms with E-state index >= 15 is 0 Å². The van der Waals surface area contributed by atoms with Gasteiger partial charge in [-0.15, -0.1) is 0 Å². The lowest BCUT2D eigenvalue weighted by Crippen LogP contribution is -2.22. The number of esters is 2. The first-order valence-corrected chi connectivity index (χ1v) is 8.85. The molecule has 0 spiro atoms. The Morgan fingerprint density at radius 2 is 1.59 bits per heavy atom. The fourth-order valence-corrected chi connectivity index (χ4v) is 2.77. The van der Waals surface area contributed by atoms with Crippen molar-refractivity contribution in [2.24, 2.45) is 0 Å². The first kappa shape index (κ1) is 21.0. The van der Waals surface area contributed by atoms with E-state index < -0.39 is 24.5 Å². The maximum atomic E-state index is 12.2. The van der Waals surface area contributed by atoms with Crippen LogP contribution < -0.4 is 5.32 Å². The summed E-state index contributed by atoms with van der Waals surface area (Å²) in [5.41, 5.74) is 0.279. The van der Waals surface area contributed by atoms with Crippen molar-refractivity contribution < 1.29 is 23.9 Å². The Kier molecular flexibility index (Phi) is 7.47. The van der Waals surface area contributed by atoms with Gasteiger partial charge in [-0.1, -0.05) is 46.9 Å². The van der Waals surface area contributed by atoms with Crippen molar-refractivity contribution in [3.63, 3.8) is 0 Å². The summed E-state index contributed by atoms with van der Waals surface area (Å²) in [6.07, 6.45) is 0. The number of hydrogen-bond acceptors (Lipinski definition) is 5. The summed E-state index contributed by atoms with van der Waals surface area (Å²) < 4.78 is 9.86. The van der Waals surface area contributed by atoms with Crippen molar-refractivity contribution >= 4 is 58.3 Å². The van der Waals surface area contributed by atoms with Crippen LogP contribution in [0.3, 0.4) is 0 Å². The van der Waals surface area contributed by atoms with Gasteiger partial charge >= 0.3 is 11.9 Å². The quantitative estimate of drug-likeness (QED) is 0.534. The van der Waals surface area contributed by atoms with E-state index in [1.807, 2.05) is 0 Å². The number of anilines is 1. The number of amides is 1. The lowest BCUT2D eigenvalue weighted by Gasteiger charge is -2.11. The van der Waals surface area contributed by atoms with E-state index in [0.717, 1.165) is 0 Å². The van der Waals surface area contributed by atoms with E-state index in [-0.39, 0.29) is 38.5 Å². The second-order valence-electron chi connectivity index (χ2n) is 5.11. The predicted octanol–water partition coefficient (Wildman–Crippen LogP) is 4.62. The van der Waals surface area contributed by atoms with Crippen molar-refractivity contribution in [2.75, 3.05) is 18.5 Å². The van der Waals surface area contributed by atoms with E-state index in [0.29, 0.717) is 0 Å². The normalized spacial score (nSPS) is 10.2. The molecule has 142 valence electrons. The van der Waals surface area contributed by atoms with Crippen LogP contribution in [-0.2, 0) is 14.3 Å². The number of carbonyl (C=O) groups is 3. The molecule has 0 fully saturated rings. The summed E-state index contributed by atoms with van der Waals surface area (Å²) in [5.74, 6) is -2.14. The topological polar surface area (TPSA) is 81.7 Å². The van der Waals surface area contributed by atoms with Crippen molar-refractivity contribution in [2.45, 2.75) is 6.92 Å². The van der Waals surface area contributed by atoms with Gasteiger partial charge in [-0.2, -0.15) is 0 Å². The van der Waals surface area contributed by atoms with Gasteiger partial charge in [0.15, 0.2) is 6.61 Å². The Bertz CT molecular complexity index is 885. The van der Waals surface area contributed by atoms with E-state index in [1.54, 1.807) is 19.1 Å². The van der Waals surface area contributed by atoms with Crippen LogP contribution in [0.5, 0.6) is 0 Å². The Morgan fingerprint density at radius 1 is 0.926 bits per heavy atom. The molecule has 0 saturated heterocycles. The number of nitrogens with one attached hydrogen (secondary N) is 1. The highest BCUT2D eigenvalue weighted by atomic mass is 35.5. The zero-order valence-electron chi connectivity index (χ0n) is 14.1. The Hall–Kier alpha value is -2.28. The first-order chi connectivity index (χ1) is 12.8. The predicted molar refractivity (Wildman–Crippen MR) is 103 cm³/mol. The molecule has 0 saturated carbocycles. The summed E-state index contributed by atoms with van der Waals surface area (Å²) >= 11 is 17.7. The molecule has 2 rings (SSSR count). The maximum Gasteiger partial charge on any atom is 0.341 e. The van der Waals surface area contributed by atoms with E-state index in [1.165, 1.54) is 24.3 Å². The average Bonchev–Trinajstić information content (AvgIpc) is 2.64. The molecular formula is C18H14Cl3NO5. The molecule has 0 aliphatic rings. The molecule has 1 N–H and O–H groups in total. The number of rotatable bonds is 6. The van der Waals surface area contributed by atoms with Crippen LogP contribution in [-0.4, -0.2) is 31.1 Å². The summed E-state index contributed by atoms with van der Waals surface area (Å²) in [6.45, 7) is 1.25. The third-order valence-electron chi connectivity index (χ3n) is 3.28. The van der Waals surface area contributed by atoms with Crippen LogP contribution in [0.4, 0.5) is 5.69 Å². The minimum atomic E-state index is -0.902. The Morgan fingerprint density at radius 3 is 2.30 bits per heavy atom. The van der Waals surface area contributed by atoms with Crippen molar-refractivity contribution in [3.05, 3.63) is 62.6 Å². The zero-order valence-corrected chi connectivity index (χ0v) is 16.3. The fourth-order valence-electron chi connectivity index (χ4n) is 2.08. The molecule has 0 aliphatic heterocycles. The van der Waals surface area contributed by atoms with Crippen molar-refractivity contribution in [3.8, 4) is 0 Å². The summed E-state index contributed by atoms with van der Waals surface area (Å²) in [5, 5.41) is 2.59. The van der Waals surface area contributed by atoms with Crippen LogP contribution in [0.25, 0.3) is 0 Å². The van der Waals surface area contributed by atoms with Gasteiger partial charge in [0, 0.05) is 0 Å². The van der Waals surface area contributed by atoms with Gasteiger partial charge in [0.1, 0.15) is 0 Å². The van der Waals surface area contributed by atoms with Gasteiger partial charge in [0.05, 0.1) is 38.5 Å². The Balaban J connectivity index is 2.05.